The molecule has 1 aromatic carbocycles. The molecule has 1 aromatic heterocycles. The van der Waals surface area contributed by atoms with E-state index in [0.717, 1.165) is 12.1 Å². The number of nitrogens with one attached hydrogen (secondary N) is 1. The Morgan fingerprint density at radius 2 is 1.95 bits per heavy atom. The van der Waals surface area contributed by atoms with Crippen molar-refractivity contribution in [1.82, 2.24) is 4.98 Å². The fourth-order valence-electron chi connectivity index (χ4n) is 1.58. The largest absolute Gasteiger partial charge is 0.418 e. The van der Waals surface area contributed by atoms with Gasteiger partial charge in [0, 0.05) is 4.47 Å². The van der Waals surface area contributed by atoms with Gasteiger partial charge in [0.1, 0.15) is 10.8 Å². The number of hydrogen-bond acceptors (Lipinski definition) is 2. The second kappa shape index (κ2) is 6.03. The second-order valence-electron chi connectivity index (χ2n) is 3.99. The lowest BCUT2D eigenvalue weighted by Crippen LogP contribution is -2.17. The Balaban J connectivity index is 2.34. The van der Waals surface area contributed by atoms with Gasteiger partial charge in [-0.15, -0.1) is 0 Å². The third-order valence-corrected chi connectivity index (χ3v) is 3.19. The number of benzene rings is 1. The van der Waals surface area contributed by atoms with Gasteiger partial charge >= 0.3 is 6.18 Å². The lowest BCUT2D eigenvalue weighted by molar-refractivity contribution is -0.136. The molecule has 0 aliphatic carbocycles. The van der Waals surface area contributed by atoms with E-state index in [0.29, 0.717) is 0 Å². The van der Waals surface area contributed by atoms with Crippen LogP contribution in [-0.4, -0.2) is 10.9 Å². The van der Waals surface area contributed by atoms with Crippen molar-refractivity contribution in [1.29, 1.82) is 0 Å². The number of hydrogen-bond donors (Lipinski definition) is 1. The van der Waals surface area contributed by atoms with Crippen molar-refractivity contribution in [3.63, 3.8) is 0 Å². The number of halogens is 5. The third kappa shape index (κ3) is 3.95. The summed E-state index contributed by atoms with van der Waals surface area (Å²) in [5.74, 6) is -0.773. The normalized spacial score (nSPS) is 11.3. The van der Waals surface area contributed by atoms with Crippen molar-refractivity contribution < 1.29 is 18.0 Å². The van der Waals surface area contributed by atoms with E-state index >= 15 is 0 Å². The summed E-state index contributed by atoms with van der Waals surface area (Å²) in [5.41, 5.74) is -1.37. The van der Waals surface area contributed by atoms with Crippen molar-refractivity contribution in [2.45, 2.75) is 6.18 Å². The standard InChI is InChI=1S/C13H7BrClF3N2O/c14-7-4-5-9(8(6-7)13(16,17)18)20-12(21)10-2-1-3-11(15)19-10/h1-6H,(H,20,21). The van der Waals surface area contributed by atoms with E-state index in [1.54, 1.807) is 0 Å². The summed E-state index contributed by atoms with van der Waals surface area (Å²) in [6.45, 7) is 0. The molecule has 3 nitrogen and oxygen atoms in total. The quantitative estimate of drug-likeness (QED) is 0.764. The fraction of sp³-hybridized carbons (Fsp3) is 0.0769. The number of nitrogens with zero attached hydrogens (tertiary/aromatic N) is 1. The summed E-state index contributed by atoms with van der Waals surface area (Å²) < 4.78 is 39.1. The summed E-state index contributed by atoms with van der Waals surface area (Å²) in [6.07, 6.45) is -4.59. The maximum absolute atomic E-state index is 12.9. The lowest BCUT2D eigenvalue weighted by Gasteiger charge is -2.14. The molecule has 0 spiro atoms. The van der Waals surface area contributed by atoms with Crippen LogP contribution in [-0.2, 0) is 6.18 Å². The van der Waals surface area contributed by atoms with Crippen LogP contribution in [0, 0.1) is 0 Å². The maximum atomic E-state index is 12.9. The molecule has 0 saturated heterocycles. The second-order valence-corrected chi connectivity index (χ2v) is 5.29. The number of amides is 1. The van der Waals surface area contributed by atoms with Crippen molar-refractivity contribution in [3.05, 3.63) is 57.3 Å². The van der Waals surface area contributed by atoms with Crippen LogP contribution < -0.4 is 5.32 Å². The first-order chi connectivity index (χ1) is 9.77. The minimum atomic E-state index is -4.59. The van der Waals surface area contributed by atoms with Crippen molar-refractivity contribution in [2.75, 3.05) is 5.32 Å². The molecule has 0 saturated carbocycles. The molecule has 21 heavy (non-hydrogen) atoms. The first-order valence-corrected chi connectivity index (χ1v) is 6.75. The highest BCUT2D eigenvalue weighted by molar-refractivity contribution is 9.10. The van der Waals surface area contributed by atoms with Crippen LogP contribution in [0.25, 0.3) is 0 Å². The summed E-state index contributed by atoms with van der Waals surface area (Å²) in [7, 11) is 0. The minimum Gasteiger partial charge on any atom is -0.320 e. The molecule has 0 atom stereocenters. The van der Waals surface area contributed by atoms with Crippen molar-refractivity contribution in [3.8, 4) is 0 Å². The SMILES string of the molecule is O=C(Nc1ccc(Br)cc1C(F)(F)F)c1cccc(Cl)n1. The van der Waals surface area contributed by atoms with E-state index in [4.69, 9.17) is 11.6 Å². The highest BCUT2D eigenvalue weighted by Crippen LogP contribution is 2.36. The molecular formula is C13H7BrClF3N2O. The van der Waals surface area contributed by atoms with Gasteiger partial charge in [0.15, 0.2) is 0 Å². The molecule has 110 valence electrons. The van der Waals surface area contributed by atoms with Gasteiger partial charge in [0.05, 0.1) is 11.3 Å². The first-order valence-electron chi connectivity index (χ1n) is 5.58. The molecule has 0 aliphatic rings. The number of rotatable bonds is 2. The zero-order chi connectivity index (χ0) is 15.6. The van der Waals surface area contributed by atoms with Gasteiger partial charge < -0.3 is 5.32 Å². The van der Waals surface area contributed by atoms with Crippen molar-refractivity contribution in [2.24, 2.45) is 0 Å². The Bertz CT molecular complexity index is 691. The number of pyridine rings is 1. The van der Waals surface area contributed by atoms with Gasteiger partial charge in [-0.25, -0.2) is 4.98 Å². The smallest absolute Gasteiger partial charge is 0.320 e. The van der Waals surface area contributed by atoms with E-state index in [1.165, 1.54) is 24.3 Å². The highest BCUT2D eigenvalue weighted by Gasteiger charge is 2.34. The van der Waals surface area contributed by atoms with Gasteiger partial charge in [0.25, 0.3) is 5.91 Å². The summed E-state index contributed by atoms with van der Waals surface area (Å²) >= 11 is 8.61. The fourth-order valence-corrected chi connectivity index (χ4v) is 2.11. The molecular weight excluding hydrogens is 373 g/mol. The summed E-state index contributed by atoms with van der Waals surface area (Å²) in [4.78, 5) is 15.7. The van der Waals surface area contributed by atoms with Crippen LogP contribution in [0.5, 0.6) is 0 Å². The summed E-state index contributed by atoms with van der Waals surface area (Å²) in [5, 5.41) is 2.27. The molecule has 1 amide bonds. The maximum Gasteiger partial charge on any atom is 0.418 e. The summed E-state index contributed by atoms with van der Waals surface area (Å²) in [6, 6.07) is 7.75. The Labute approximate surface area is 131 Å². The molecule has 1 N–H and O–H groups in total. The van der Waals surface area contributed by atoms with Crippen LogP contribution in [0.15, 0.2) is 40.9 Å². The Hall–Kier alpha value is -1.60. The molecule has 2 aromatic rings. The zero-order valence-corrected chi connectivity index (χ0v) is 12.6. The average molecular weight is 380 g/mol. The number of carbonyl (C=O) groups is 1. The predicted molar refractivity (Wildman–Crippen MR) is 76.3 cm³/mol. The van der Waals surface area contributed by atoms with E-state index in [2.05, 4.69) is 26.2 Å². The van der Waals surface area contributed by atoms with E-state index < -0.39 is 17.6 Å². The van der Waals surface area contributed by atoms with Crippen LogP contribution in [0.1, 0.15) is 16.1 Å². The number of anilines is 1. The van der Waals surface area contributed by atoms with Crippen LogP contribution in [0.4, 0.5) is 18.9 Å². The number of aromatic nitrogens is 1. The minimum absolute atomic E-state index is 0.0708. The van der Waals surface area contributed by atoms with Crippen LogP contribution >= 0.6 is 27.5 Å². The van der Waals surface area contributed by atoms with Crippen LogP contribution in [0.2, 0.25) is 5.15 Å². The third-order valence-electron chi connectivity index (χ3n) is 2.48. The highest BCUT2D eigenvalue weighted by atomic mass is 79.9. The average Bonchev–Trinajstić information content (AvgIpc) is 2.39. The predicted octanol–water partition coefficient (Wildman–Crippen LogP) is 4.77. The Kier molecular flexibility index (Phi) is 4.53. The van der Waals surface area contributed by atoms with Gasteiger partial charge in [-0.2, -0.15) is 13.2 Å². The lowest BCUT2D eigenvalue weighted by atomic mass is 10.1. The molecule has 1 heterocycles. The van der Waals surface area contributed by atoms with E-state index in [1.807, 2.05) is 0 Å². The topological polar surface area (TPSA) is 42.0 Å². The van der Waals surface area contributed by atoms with Gasteiger partial charge in [0.2, 0.25) is 0 Å². The molecule has 0 unspecified atom stereocenters. The van der Waals surface area contributed by atoms with E-state index in [9.17, 15) is 18.0 Å². The molecule has 0 radical (unpaired) electrons. The molecule has 0 fully saturated rings. The zero-order valence-electron chi connectivity index (χ0n) is 10.2. The van der Waals surface area contributed by atoms with Gasteiger partial charge in [-0.3, -0.25) is 4.79 Å². The molecule has 8 heteroatoms. The Morgan fingerprint density at radius 1 is 1.24 bits per heavy atom. The van der Waals surface area contributed by atoms with E-state index in [-0.39, 0.29) is 21.0 Å². The van der Waals surface area contributed by atoms with Crippen molar-refractivity contribution >= 4 is 39.1 Å². The molecule has 2 rings (SSSR count). The molecule has 0 bridgehead atoms. The Morgan fingerprint density at radius 3 is 2.57 bits per heavy atom. The van der Waals surface area contributed by atoms with Crippen LogP contribution in [0.3, 0.4) is 0 Å². The first kappa shape index (κ1) is 15.8. The monoisotopic (exact) mass is 378 g/mol. The molecule has 0 aliphatic heterocycles. The number of alkyl halides is 3. The number of carbonyl (C=O) groups excluding carboxylic acids is 1. The van der Waals surface area contributed by atoms with Gasteiger partial charge in [-0.1, -0.05) is 33.6 Å². The van der Waals surface area contributed by atoms with Gasteiger partial charge in [-0.05, 0) is 30.3 Å².